The number of hydrogen-bond acceptors (Lipinski definition) is 3. The predicted molar refractivity (Wildman–Crippen MR) is 101 cm³/mol. The summed E-state index contributed by atoms with van der Waals surface area (Å²) in [6.45, 7) is 2.00. The molecule has 142 valence electrons. The van der Waals surface area contributed by atoms with Crippen LogP contribution in [0, 0.1) is 24.2 Å². The van der Waals surface area contributed by atoms with Gasteiger partial charge in [0.2, 0.25) is 5.91 Å². The standard InChI is InChI=1S/C22H31NO3/c1-15-4-2-3-5-18(15)7-19(13-24)23-20(25)12-21-8-16-6-17(9-21)11-22(26,10-16)14-21/h2-5,16-17,19,24,26H,6-14H2,1H3,(H,23,25). The first-order chi connectivity index (χ1) is 12.4. The Morgan fingerprint density at radius 1 is 1.23 bits per heavy atom. The number of rotatable bonds is 6. The number of aryl methyl sites for hydroxylation is 1. The summed E-state index contributed by atoms with van der Waals surface area (Å²) in [5.74, 6) is 1.22. The van der Waals surface area contributed by atoms with Gasteiger partial charge >= 0.3 is 0 Å². The number of amides is 1. The molecule has 0 saturated heterocycles. The Hall–Kier alpha value is -1.39. The molecule has 4 aliphatic carbocycles. The van der Waals surface area contributed by atoms with Crippen molar-refractivity contribution in [3.8, 4) is 0 Å². The summed E-state index contributed by atoms with van der Waals surface area (Å²) in [7, 11) is 0. The molecule has 3 atom stereocenters. The van der Waals surface area contributed by atoms with Gasteiger partial charge in [0.25, 0.3) is 0 Å². The van der Waals surface area contributed by atoms with Gasteiger partial charge < -0.3 is 15.5 Å². The number of aliphatic hydroxyl groups excluding tert-OH is 1. The van der Waals surface area contributed by atoms with E-state index in [0.717, 1.165) is 37.7 Å². The van der Waals surface area contributed by atoms with Gasteiger partial charge in [0.1, 0.15) is 0 Å². The highest BCUT2D eigenvalue weighted by molar-refractivity contribution is 5.77. The molecule has 4 fully saturated rings. The number of carbonyl (C=O) groups excluding carboxylic acids is 1. The molecule has 4 aliphatic rings. The maximum atomic E-state index is 12.8. The third-order valence-corrected chi connectivity index (χ3v) is 7.00. The van der Waals surface area contributed by atoms with E-state index in [4.69, 9.17) is 0 Å². The summed E-state index contributed by atoms with van der Waals surface area (Å²) in [6.07, 6.45) is 7.18. The van der Waals surface area contributed by atoms with E-state index < -0.39 is 5.60 Å². The van der Waals surface area contributed by atoms with E-state index in [1.165, 1.54) is 12.0 Å². The lowest BCUT2D eigenvalue weighted by molar-refractivity contribution is -0.169. The van der Waals surface area contributed by atoms with Gasteiger partial charge in [-0.05, 0) is 80.2 Å². The van der Waals surface area contributed by atoms with Crippen LogP contribution in [0.2, 0.25) is 0 Å². The van der Waals surface area contributed by atoms with E-state index in [2.05, 4.69) is 24.4 Å². The lowest BCUT2D eigenvalue weighted by Gasteiger charge is -2.60. The number of aliphatic hydroxyl groups is 2. The molecule has 0 aliphatic heterocycles. The fourth-order valence-corrected chi connectivity index (χ4v) is 6.49. The van der Waals surface area contributed by atoms with Crippen LogP contribution < -0.4 is 5.32 Å². The zero-order valence-corrected chi connectivity index (χ0v) is 15.7. The lowest BCUT2D eigenvalue weighted by atomic mass is 9.47. The Kier molecular flexibility index (Phi) is 4.60. The Balaban J connectivity index is 1.39. The van der Waals surface area contributed by atoms with Crippen molar-refractivity contribution in [3.05, 3.63) is 35.4 Å². The van der Waals surface area contributed by atoms with E-state index in [9.17, 15) is 15.0 Å². The van der Waals surface area contributed by atoms with Gasteiger partial charge in [-0.25, -0.2) is 0 Å². The third-order valence-electron chi connectivity index (χ3n) is 7.00. The van der Waals surface area contributed by atoms with E-state index in [1.54, 1.807) is 0 Å². The highest BCUT2D eigenvalue weighted by Crippen LogP contribution is 2.62. The number of nitrogens with one attached hydrogen (secondary N) is 1. The van der Waals surface area contributed by atoms with Crippen LogP contribution in [0.15, 0.2) is 24.3 Å². The second-order valence-electron chi connectivity index (χ2n) is 9.44. The van der Waals surface area contributed by atoms with Crippen LogP contribution in [0.5, 0.6) is 0 Å². The smallest absolute Gasteiger partial charge is 0.220 e. The Morgan fingerprint density at radius 3 is 2.54 bits per heavy atom. The monoisotopic (exact) mass is 357 g/mol. The first-order valence-corrected chi connectivity index (χ1v) is 10.1. The van der Waals surface area contributed by atoms with Crippen molar-refractivity contribution in [2.75, 3.05) is 6.61 Å². The van der Waals surface area contributed by atoms with Crippen LogP contribution >= 0.6 is 0 Å². The average Bonchev–Trinajstić information content (AvgIpc) is 2.53. The summed E-state index contributed by atoms with van der Waals surface area (Å²) in [6, 6.07) is 7.86. The van der Waals surface area contributed by atoms with Crippen molar-refractivity contribution in [1.29, 1.82) is 0 Å². The SMILES string of the molecule is Cc1ccccc1CC(CO)NC(=O)CC12CC3CC(CC(O)(C3)C1)C2. The summed E-state index contributed by atoms with van der Waals surface area (Å²) in [4.78, 5) is 12.8. The fourth-order valence-electron chi connectivity index (χ4n) is 6.49. The maximum absolute atomic E-state index is 12.8. The topological polar surface area (TPSA) is 69.6 Å². The zero-order chi connectivity index (χ0) is 18.4. The van der Waals surface area contributed by atoms with E-state index in [1.807, 2.05) is 12.1 Å². The van der Waals surface area contributed by atoms with E-state index in [0.29, 0.717) is 24.7 Å². The number of hydrogen-bond donors (Lipinski definition) is 3. The minimum absolute atomic E-state index is 0.0222. The van der Waals surface area contributed by atoms with Crippen molar-refractivity contribution in [2.45, 2.75) is 69.9 Å². The molecule has 0 heterocycles. The minimum Gasteiger partial charge on any atom is -0.394 e. The highest BCUT2D eigenvalue weighted by atomic mass is 16.3. The van der Waals surface area contributed by atoms with Crippen LogP contribution in [0.4, 0.5) is 0 Å². The van der Waals surface area contributed by atoms with Gasteiger partial charge in [-0.15, -0.1) is 0 Å². The van der Waals surface area contributed by atoms with Crippen LogP contribution in [0.25, 0.3) is 0 Å². The molecular formula is C22H31NO3. The Bertz CT molecular complexity index is 672. The van der Waals surface area contributed by atoms with Gasteiger partial charge in [-0.3, -0.25) is 4.79 Å². The molecule has 0 radical (unpaired) electrons. The van der Waals surface area contributed by atoms with E-state index in [-0.39, 0.29) is 24.0 Å². The summed E-state index contributed by atoms with van der Waals surface area (Å²) < 4.78 is 0. The molecule has 4 saturated carbocycles. The molecule has 1 aromatic carbocycles. The molecule has 4 heteroatoms. The minimum atomic E-state index is -0.526. The first kappa shape index (κ1) is 18.0. The molecule has 4 nitrogen and oxygen atoms in total. The normalized spacial score (nSPS) is 36.1. The molecule has 0 spiro atoms. The Labute approximate surface area is 156 Å². The van der Waals surface area contributed by atoms with Gasteiger partial charge in [0, 0.05) is 6.42 Å². The maximum Gasteiger partial charge on any atom is 0.220 e. The van der Waals surface area contributed by atoms with Crippen molar-refractivity contribution in [3.63, 3.8) is 0 Å². The fraction of sp³-hybridized carbons (Fsp3) is 0.682. The number of benzene rings is 1. The lowest BCUT2D eigenvalue weighted by Crippen LogP contribution is -2.56. The number of carbonyl (C=O) groups is 1. The van der Waals surface area contributed by atoms with Gasteiger partial charge in [-0.1, -0.05) is 24.3 Å². The van der Waals surface area contributed by atoms with Crippen LogP contribution in [0.1, 0.15) is 56.1 Å². The summed E-state index contributed by atoms with van der Waals surface area (Å²) in [5.41, 5.74) is 1.80. The molecule has 5 rings (SSSR count). The predicted octanol–water partition coefficient (Wildman–Crippen LogP) is 2.74. The molecule has 0 aromatic heterocycles. The van der Waals surface area contributed by atoms with Crippen molar-refractivity contribution >= 4 is 5.91 Å². The quantitative estimate of drug-likeness (QED) is 0.733. The average molecular weight is 357 g/mol. The summed E-state index contributed by atoms with van der Waals surface area (Å²) >= 11 is 0. The molecule has 26 heavy (non-hydrogen) atoms. The highest BCUT2D eigenvalue weighted by Gasteiger charge is 2.57. The second-order valence-corrected chi connectivity index (χ2v) is 9.44. The largest absolute Gasteiger partial charge is 0.394 e. The zero-order valence-electron chi connectivity index (χ0n) is 15.7. The second kappa shape index (κ2) is 6.65. The van der Waals surface area contributed by atoms with Crippen molar-refractivity contribution < 1.29 is 15.0 Å². The van der Waals surface area contributed by atoms with Gasteiger partial charge in [0.15, 0.2) is 0 Å². The molecule has 1 amide bonds. The summed E-state index contributed by atoms with van der Waals surface area (Å²) in [5, 5.41) is 23.7. The first-order valence-electron chi connectivity index (χ1n) is 10.1. The van der Waals surface area contributed by atoms with Gasteiger partial charge in [0.05, 0.1) is 18.2 Å². The van der Waals surface area contributed by atoms with Gasteiger partial charge in [-0.2, -0.15) is 0 Å². The molecule has 3 unspecified atom stereocenters. The van der Waals surface area contributed by atoms with Crippen molar-refractivity contribution in [1.82, 2.24) is 5.32 Å². The van der Waals surface area contributed by atoms with Crippen LogP contribution in [-0.2, 0) is 11.2 Å². The molecule has 4 bridgehead atoms. The molecular weight excluding hydrogens is 326 g/mol. The third kappa shape index (κ3) is 3.54. The van der Waals surface area contributed by atoms with Crippen LogP contribution in [-0.4, -0.2) is 34.4 Å². The van der Waals surface area contributed by atoms with Crippen LogP contribution in [0.3, 0.4) is 0 Å². The molecule has 3 N–H and O–H groups in total. The van der Waals surface area contributed by atoms with E-state index >= 15 is 0 Å². The Morgan fingerprint density at radius 2 is 1.92 bits per heavy atom. The van der Waals surface area contributed by atoms with Crippen molar-refractivity contribution in [2.24, 2.45) is 17.3 Å². The molecule has 1 aromatic rings.